The number of aromatic amines is 1. The monoisotopic (exact) mass is 417 g/mol. The number of aromatic nitrogens is 1. The van der Waals surface area contributed by atoms with Gasteiger partial charge in [-0.3, -0.25) is 9.78 Å². The van der Waals surface area contributed by atoms with Crippen LogP contribution in [0.2, 0.25) is 0 Å². The van der Waals surface area contributed by atoms with Gasteiger partial charge in [-0.1, -0.05) is 12.1 Å². The smallest absolute Gasteiger partial charge is 0.408 e. The summed E-state index contributed by atoms with van der Waals surface area (Å²) in [5, 5.41) is 13.2. The summed E-state index contributed by atoms with van der Waals surface area (Å²) in [4.78, 5) is 25.2. The van der Waals surface area contributed by atoms with Crippen LogP contribution in [0.3, 0.4) is 0 Å². The van der Waals surface area contributed by atoms with Gasteiger partial charge in [0, 0.05) is 24.7 Å². The molecule has 1 aromatic heterocycles. The SMILES string of the molecule is Cc1cc2[nH]c(=O)oc2cc1S(=O)(=O)NCC(O)c1ccc2c(c1)CCC(=O)N2. The zero-order valence-corrected chi connectivity index (χ0v) is 16.3. The van der Waals surface area contributed by atoms with E-state index in [4.69, 9.17) is 4.42 Å². The molecule has 1 atom stereocenters. The number of amides is 1. The van der Waals surface area contributed by atoms with Crippen LogP contribution in [0.25, 0.3) is 11.1 Å². The lowest BCUT2D eigenvalue weighted by Gasteiger charge is -2.19. The summed E-state index contributed by atoms with van der Waals surface area (Å²) in [6, 6.07) is 7.90. The van der Waals surface area contributed by atoms with Crippen molar-refractivity contribution in [2.75, 3.05) is 11.9 Å². The van der Waals surface area contributed by atoms with Gasteiger partial charge in [0.1, 0.15) is 0 Å². The molecule has 0 aliphatic carbocycles. The van der Waals surface area contributed by atoms with Gasteiger partial charge in [-0.2, -0.15) is 0 Å². The highest BCUT2D eigenvalue weighted by Crippen LogP contribution is 2.26. The highest BCUT2D eigenvalue weighted by atomic mass is 32.2. The van der Waals surface area contributed by atoms with Gasteiger partial charge in [0.2, 0.25) is 15.9 Å². The van der Waals surface area contributed by atoms with E-state index in [0.717, 1.165) is 5.56 Å². The number of rotatable bonds is 5. The molecule has 9 nitrogen and oxygen atoms in total. The molecular formula is C19H19N3O6S. The molecule has 0 fully saturated rings. The number of carbonyl (C=O) groups excluding carboxylic acids is 1. The number of oxazole rings is 1. The van der Waals surface area contributed by atoms with Crippen molar-refractivity contribution in [1.29, 1.82) is 0 Å². The summed E-state index contributed by atoms with van der Waals surface area (Å²) in [6.45, 7) is 1.37. The largest absolute Gasteiger partial charge is 0.417 e. The molecule has 152 valence electrons. The molecule has 0 saturated carbocycles. The predicted octanol–water partition coefficient (Wildman–Crippen LogP) is 1.33. The lowest BCUT2D eigenvalue weighted by molar-refractivity contribution is -0.116. The number of hydrogen-bond acceptors (Lipinski definition) is 6. The first-order valence-corrected chi connectivity index (χ1v) is 10.4. The van der Waals surface area contributed by atoms with Crippen LogP contribution in [0.15, 0.2) is 44.4 Å². The summed E-state index contributed by atoms with van der Waals surface area (Å²) in [7, 11) is -3.94. The van der Waals surface area contributed by atoms with Crippen molar-refractivity contribution in [3.8, 4) is 0 Å². The number of benzene rings is 2. The molecule has 0 spiro atoms. The predicted molar refractivity (Wildman–Crippen MR) is 105 cm³/mol. The van der Waals surface area contributed by atoms with Crippen molar-refractivity contribution < 1.29 is 22.7 Å². The molecule has 10 heteroatoms. The van der Waals surface area contributed by atoms with Gasteiger partial charge in [-0.05, 0) is 42.2 Å². The summed E-state index contributed by atoms with van der Waals surface area (Å²) in [5.74, 6) is -0.718. The number of anilines is 1. The second kappa shape index (κ2) is 7.14. The van der Waals surface area contributed by atoms with Crippen molar-refractivity contribution in [1.82, 2.24) is 9.71 Å². The van der Waals surface area contributed by atoms with Crippen LogP contribution in [0.1, 0.15) is 29.2 Å². The van der Waals surface area contributed by atoms with E-state index in [1.54, 1.807) is 25.1 Å². The highest BCUT2D eigenvalue weighted by Gasteiger charge is 2.22. The maximum absolute atomic E-state index is 12.7. The molecule has 0 bridgehead atoms. The zero-order chi connectivity index (χ0) is 20.8. The Kier molecular flexibility index (Phi) is 4.77. The molecule has 29 heavy (non-hydrogen) atoms. The molecular weight excluding hydrogens is 398 g/mol. The Bertz CT molecular complexity index is 1270. The molecule has 2 heterocycles. The van der Waals surface area contributed by atoms with Crippen LogP contribution < -0.4 is 15.8 Å². The molecule has 1 unspecified atom stereocenters. The fourth-order valence-electron chi connectivity index (χ4n) is 3.37. The van der Waals surface area contributed by atoms with E-state index in [-0.39, 0.29) is 22.9 Å². The summed E-state index contributed by atoms with van der Waals surface area (Å²) < 4.78 is 32.7. The number of nitrogens with one attached hydrogen (secondary N) is 3. The molecule has 1 aliphatic heterocycles. The maximum Gasteiger partial charge on any atom is 0.417 e. The third-order valence-electron chi connectivity index (χ3n) is 4.88. The van der Waals surface area contributed by atoms with Crippen molar-refractivity contribution in [3.63, 3.8) is 0 Å². The van der Waals surface area contributed by atoms with Crippen molar-refractivity contribution in [2.24, 2.45) is 0 Å². The fraction of sp³-hybridized carbons (Fsp3) is 0.263. The van der Waals surface area contributed by atoms with Gasteiger partial charge < -0.3 is 14.8 Å². The van der Waals surface area contributed by atoms with E-state index in [0.29, 0.717) is 35.2 Å². The average Bonchev–Trinajstić information content (AvgIpc) is 3.03. The zero-order valence-electron chi connectivity index (χ0n) is 15.5. The first-order chi connectivity index (χ1) is 13.7. The summed E-state index contributed by atoms with van der Waals surface area (Å²) in [5.41, 5.74) is 3.13. The first-order valence-electron chi connectivity index (χ1n) is 8.97. The van der Waals surface area contributed by atoms with E-state index in [9.17, 15) is 23.1 Å². The molecule has 2 aromatic carbocycles. The fourth-order valence-corrected chi connectivity index (χ4v) is 4.65. The first kappa shape index (κ1) is 19.4. The lowest BCUT2D eigenvalue weighted by atomic mass is 9.98. The van der Waals surface area contributed by atoms with E-state index >= 15 is 0 Å². The van der Waals surface area contributed by atoms with Crippen molar-refractivity contribution in [3.05, 3.63) is 57.6 Å². The molecule has 4 N–H and O–H groups in total. The maximum atomic E-state index is 12.7. The number of sulfonamides is 1. The second-order valence-electron chi connectivity index (χ2n) is 6.96. The van der Waals surface area contributed by atoms with Gasteiger partial charge in [-0.15, -0.1) is 0 Å². The standard InChI is InChI=1S/C19H19N3O6S/c1-10-6-14-16(28-19(25)22-14)8-17(10)29(26,27)20-9-15(23)12-2-4-13-11(7-12)3-5-18(24)21-13/h2,4,6-8,15,20,23H,3,5,9H2,1H3,(H,21,24)(H,22,25). The van der Waals surface area contributed by atoms with Gasteiger partial charge in [0.05, 0.1) is 16.5 Å². The third kappa shape index (κ3) is 3.82. The van der Waals surface area contributed by atoms with E-state index in [2.05, 4.69) is 15.0 Å². The van der Waals surface area contributed by atoms with Crippen molar-refractivity contribution >= 4 is 32.7 Å². The number of aliphatic hydroxyl groups excluding tert-OH is 1. The average molecular weight is 417 g/mol. The Labute approximate surface area is 165 Å². The van der Waals surface area contributed by atoms with Crippen LogP contribution >= 0.6 is 0 Å². The quantitative estimate of drug-likeness (QED) is 0.493. The minimum absolute atomic E-state index is 0.0342. The molecule has 0 radical (unpaired) electrons. The Morgan fingerprint density at radius 3 is 2.79 bits per heavy atom. The number of carbonyl (C=O) groups is 1. The number of H-pyrrole nitrogens is 1. The number of fused-ring (bicyclic) bond motifs is 2. The minimum atomic E-state index is -3.94. The van der Waals surface area contributed by atoms with Crippen LogP contribution in [0.4, 0.5) is 5.69 Å². The van der Waals surface area contributed by atoms with Crippen LogP contribution in [0, 0.1) is 6.92 Å². The van der Waals surface area contributed by atoms with E-state index in [1.807, 2.05) is 0 Å². The minimum Gasteiger partial charge on any atom is -0.408 e. The Hall–Kier alpha value is -2.95. The van der Waals surface area contributed by atoms with Crippen LogP contribution in [-0.4, -0.2) is 31.0 Å². The Morgan fingerprint density at radius 2 is 2.00 bits per heavy atom. The molecule has 1 aliphatic rings. The third-order valence-corrected chi connectivity index (χ3v) is 6.45. The molecule has 1 amide bonds. The topological polar surface area (TPSA) is 142 Å². The lowest BCUT2D eigenvalue weighted by Crippen LogP contribution is -2.29. The van der Waals surface area contributed by atoms with Gasteiger partial charge in [0.15, 0.2) is 5.58 Å². The van der Waals surface area contributed by atoms with Gasteiger partial charge >= 0.3 is 5.76 Å². The number of aliphatic hydroxyl groups is 1. The molecule has 0 saturated heterocycles. The molecule has 4 rings (SSSR count). The van der Waals surface area contributed by atoms with Crippen LogP contribution in [-0.2, 0) is 21.2 Å². The van der Waals surface area contributed by atoms with Crippen molar-refractivity contribution in [2.45, 2.75) is 30.8 Å². The normalized spacial score (nSPS) is 15.2. The van der Waals surface area contributed by atoms with E-state index < -0.39 is 21.9 Å². The van der Waals surface area contributed by atoms with E-state index in [1.165, 1.54) is 12.1 Å². The summed E-state index contributed by atoms with van der Waals surface area (Å²) >= 11 is 0. The summed E-state index contributed by atoms with van der Waals surface area (Å²) in [6.07, 6.45) is -0.132. The van der Waals surface area contributed by atoms with Crippen LogP contribution in [0.5, 0.6) is 0 Å². The molecule has 3 aromatic rings. The Morgan fingerprint density at radius 1 is 1.21 bits per heavy atom. The van der Waals surface area contributed by atoms with Gasteiger partial charge in [0.25, 0.3) is 0 Å². The number of hydrogen-bond donors (Lipinski definition) is 4. The highest BCUT2D eigenvalue weighted by molar-refractivity contribution is 7.89. The Balaban J connectivity index is 1.53. The van der Waals surface area contributed by atoms with Gasteiger partial charge in [-0.25, -0.2) is 17.9 Å². The second-order valence-corrected chi connectivity index (χ2v) is 8.70. The number of aryl methyl sites for hydroxylation is 2.